The van der Waals surface area contributed by atoms with Crippen molar-refractivity contribution in [2.75, 3.05) is 0 Å². The first-order valence-corrected chi connectivity index (χ1v) is 3.05. The second-order valence-electron chi connectivity index (χ2n) is 2.16. The fourth-order valence-corrected chi connectivity index (χ4v) is 0.804. The van der Waals surface area contributed by atoms with Crippen LogP contribution in [0.3, 0.4) is 0 Å². The van der Waals surface area contributed by atoms with Crippen LogP contribution in [0.25, 0.3) is 0 Å². The third kappa shape index (κ3) is 1.55. The fraction of sp³-hybridized carbons (Fsp3) is 0.167. The zero-order valence-electron chi connectivity index (χ0n) is 5.57. The minimum atomic E-state index is -1.90. The Kier molecular flexibility index (Phi) is 2.21. The third-order valence-electron chi connectivity index (χ3n) is 1.39. The van der Waals surface area contributed by atoms with E-state index in [0.717, 1.165) is 6.08 Å². The van der Waals surface area contributed by atoms with E-state index in [1.54, 1.807) is 0 Å². The molecule has 3 nitrogen and oxygen atoms in total. The maximum atomic E-state index is 12.7. The van der Waals surface area contributed by atoms with Crippen molar-refractivity contribution in [2.45, 2.75) is 6.17 Å². The number of hydrogen-bond donors (Lipinski definition) is 2. The molecule has 0 aromatic heterocycles. The van der Waals surface area contributed by atoms with Crippen LogP contribution in [0, 0.1) is 0 Å². The van der Waals surface area contributed by atoms with E-state index < -0.39 is 19.1 Å². The quantitative estimate of drug-likeness (QED) is 0.498. The van der Waals surface area contributed by atoms with Gasteiger partial charge in [0.2, 0.25) is 0 Å². The van der Waals surface area contributed by atoms with Gasteiger partial charge in [-0.05, 0) is 6.08 Å². The van der Waals surface area contributed by atoms with Crippen LogP contribution in [0.1, 0.15) is 0 Å². The highest BCUT2D eigenvalue weighted by Gasteiger charge is 2.29. The summed E-state index contributed by atoms with van der Waals surface area (Å²) in [6.07, 6.45) is 1.61. The Morgan fingerprint density at radius 3 is 2.64 bits per heavy atom. The average molecular weight is 156 g/mol. The molecule has 0 radical (unpaired) electrons. The maximum Gasteiger partial charge on any atom is 0.487 e. The highest BCUT2D eigenvalue weighted by Crippen LogP contribution is 2.14. The average Bonchev–Trinajstić information content (AvgIpc) is 1.94. The molecule has 1 rings (SSSR count). The summed E-state index contributed by atoms with van der Waals surface area (Å²) < 4.78 is 12.7. The summed E-state index contributed by atoms with van der Waals surface area (Å²) >= 11 is 0. The maximum absolute atomic E-state index is 12.7. The monoisotopic (exact) mass is 156 g/mol. The van der Waals surface area contributed by atoms with Crippen molar-refractivity contribution in [1.29, 1.82) is 0 Å². The van der Waals surface area contributed by atoms with Crippen molar-refractivity contribution >= 4 is 12.9 Å². The Morgan fingerprint density at radius 2 is 2.18 bits per heavy atom. The molecule has 0 saturated carbocycles. The molecule has 0 saturated heterocycles. The Labute approximate surface area is 63.0 Å². The van der Waals surface area contributed by atoms with E-state index in [9.17, 15) is 9.18 Å². The summed E-state index contributed by atoms with van der Waals surface area (Å²) in [6, 6.07) is 0. The highest BCUT2D eigenvalue weighted by molar-refractivity contribution is 6.52. The lowest BCUT2D eigenvalue weighted by Crippen LogP contribution is -2.29. The van der Waals surface area contributed by atoms with Crippen molar-refractivity contribution < 1.29 is 19.2 Å². The zero-order valence-corrected chi connectivity index (χ0v) is 5.57. The molecule has 0 aromatic rings. The van der Waals surface area contributed by atoms with E-state index in [4.69, 9.17) is 10.0 Å². The highest BCUT2D eigenvalue weighted by atomic mass is 19.1. The minimum Gasteiger partial charge on any atom is -0.423 e. The molecule has 2 N–H and O–H groups in total. The summed E-state index contributed by atoms with van der Waals surface area (Å²) in [5.41, 5.74) is -0.308. The Bertz CT molecular complexity index is 234. The van der Waals surface area contributed by atoms with Gasteiger partial charge in [0.1, 0.15) is 0 Å². The molecule has 1 unspecified atom stereocenters. The van der Waals surface area contributed by atoms with E-state index in [2.05, 4.69) is 0 Å². The van der Waals surface area contributed by atoms with Crippen LogP contribution in [-0.4, -0.2) is 29.1 Å². The van der Waals surface area contributed by atoms with Gasteiger partial charge in [-0.2, -0.15) is 0 Å². The first-order chi connectivity index (χ1) is 5.13. The van der Waals surface area contributed by atoms with E-state index >= 15 is 0 Å². The summed E-state index contributed by atoms with van der Waals surface area (Å²) in [4.78, 5) is 10.6. The van der Waals surface area contributed by atoms with Crippen LogP contribution in [0.15, 0.2) is 23.7 Å². The second-order valence-corrected chi connectivity index (χ2v) is 2.16. The molecule has 11 heavy (non-hydrogen) atoms. The smallest absolute Gasteiger partial charge is 0.423 e. The second kappa shape index (κ2) is 2.98. The van der Waals surface area contributed by atoms with Crippen LogP contribution in [0.5, 0.6) is 0 Å². The van der Waals surface area contributed by atoms with Crippen molar-refractivity contribution in [1.82, 2.24) is 0 Å². The summed E-state index contributed by atoms with van der Waals surface area (Å²) in [5, 5.41) is 17.1. The molecule has 1 atom stereocenters. The van der Waals surface area contributed by atoms with Crippen molar-refractivity contribution in [3.63, 3.8) is 0 Å². The number of allylic oxidation sites excluding steroid dienone is 4. The third-order valence-corrected chi connectivity index (χ3v) is 1.39. The standard InChI is InChI=1S/C6H6BFO3/c8-6-4(7(10)11)2-1-3-5(6)9/h1-3,6,10-11H. The van der Waals surface area contributed by atoms with Gasteiger partial charge in [-0.25, -0.2) is 4.39 Å². The van der Waals surface area contributed by atoms with Crippen molar-refractivity contribution in [3.8, 4) is 0 Å². The predicted octanol–water partition coefficient (Wildman–Crippen LogP) is -0.598. The van der Waals surface area contributed by atoms with Gasteiger partial charge < -0.3 is 10.0 Å². The van der Waals surface area contributed by atoms with E-state index in [-0.39, 0.29) is 5.47 Å². The van der Waals surface area contributed by atoms with Crippen LogP contribution >= 0.6 is 0 Å². The number of ketones is 1. The number of carbonyl (C=O) groups excluding carboxylic acids is 1. The van der Waals surface area contributed by atoms with E-state index in [1.165, 1.54) is 12.2 Å². The van der Waals surface area contributed by atoms with Gasteiger partial charge in [0, 0.05) is 5.47 Å². The zero-order chi connectivity index (χ0) is 8.43. The number of carbonyl (C=O) groups is 1. The van der Waals surface area contributed by atoms with Gasteiger partial charge in [0.05, 0.1) is 0 Å². The van der Waals surface area contributed by atoms with Crippen molar-refractivity contribution in [2.24, 2.45) is 0 Å². The molecule has 5 heteroatoms. The lowest BCUT2D eigenvalue weighted by Gasteiger charge is -2.10. The van der Waals surface area contributed by atoms with Gasteiger partial charge in [0.25, 0.3) is 0 Å². The van der Waals surface area contributed by atoms with Crippen LogP contribution in [0.4, 0.5) is 4.39 Å². The summed E-state index contributed by atoms with van der Waals surface area (Å²) in [6.45, 7) is 0. The van der Waals surface area contributed by atoms with Crippen LogP contribution in [-0.2, 0) is 4.79 Å². The molecule has 0 amide bonds. The lowest BCUT2D eigenvalue weighted by molar-refractivity contribution is -0.118. The first-order valence-electron chi connectivity index (χ1n) is 3.05. The lowest BCUT2D eigenvalue weighted by atomic mass is 9.73. The normalized spacial score (nSPS) is 23.4. The van der Waals surface area contributed by atoms with Gasteiger partial charge in [-0.15, -0.1) is 0 Å². The summed E-state index contributed by atoms with van der Waals surface area (Å²) in [7, 11) is -1.89. The molecule has 1 aliphatic rings. The van der Waals surface area contributed by atoms with Crippen LogP contribution in [0.2, 0.25) is 0 Å². The van der Waals surface area contributed by atoms with E-state index in [0.29, 0.717) is 0 Å². The molecule has 0 aliphatic heterocycles. The summed E-state index contributed by atoms with van der Waals surface area (Å²) in [5.74, 6) is -0.754. The molecule has 0 spiro atoms. The van der Waals surface area contributed by atoms with Gasteiger partial charge in [0.15, 0.2) is 12.0 Å². The predicted molar refractivity (Wildman–Crippen MR) is 37.3 cm³/mol. The van der Waals surface area contributed by atoms with E-state index in [1.807, 2.05) is 0 Å². The SMILES string of the molecule is O=C1C=CC=C(B(O)O)C1F. The van der Waals surface area contributed by atoms with Gasteiger partial charge >= 0.3 is 7.12 Å². The molecular weight excluding hydrogens is 150 g/mol. The van der Waals surface area contributed by atoms with Crippen LogP contribution < -0.4 is 0 Å². The molecule has 0 fully saturated rings. The molecule has 0 bridgehead atoms. The molecular formula is C6H6BFO3. The van der Waals surface area contributed by atoms with Crippen molar-refractivity contribution in [3.05, 3.63) is 23.7 Å². The number of alkyl halides is 1. The molecule has 58 valence electrons. The Hall–Kier alpha value is -0.935. The minimum absolute atomic E-state index is 0.308. The molecule has 1 aliphatic carbocycles. The largest absolute Gasteiger partial charge is 0.487 e. The number of rotatable bonds is 1. The number of hydrogen-bond acceptors (Lipinski definition) is 3. The fourth-order valence-electron chi connectivity index (χ4n) is 0.804. The molecule has 0 aromatic carbocycles. The molecule has 0 heterocycles. The Morgan fingerprint density at radius 1 is 1.55 bits per heavy atom. The van der Waals surface area contributed by atoms with Gasteiger partial charge in [-0.3, -0.25) is 4.79 Å². The Balaban J connectivity index is 2.87. The number of halogens is 1. The van der Waals surface area contributed by atoms with Gasteiger partial charge in [-0.1, -0.05) is 12.2 Å². The first kappa shape index (κ1) is 8.16. The topological polar surface area (TPSA) is 57.5 Å².